The van der Waals surface area contributed by atoms with Crippen molar-refractivity contribution >= 4 is 23.2 Å². The fourth-order valence-corrected chi connectivity index (χ4v) is 4.92. The van der Waals surface area contributed by atoms with Crippen molar-refractivity contribution in [3.05, 3.63) is 65.2 Å². The summed E-state index contributed by atoms with van der Waals surface area (Å²) in [6.45, 7) is 2.19. The number of piperidine rings is 1. The smallest absolute Gasteiger partial charge is 0.231 e. The number of carbonyl (C=O) groups is 1. The lowest BCUT2D eigenvalue weighted by atomic mass is 9.99. The highest BCUT2D eigenvalue weighted by Gasteiger charge is 2.32. The van der Waals surface area contributed by atoms with E-state index in [2.05, 4.69) is 4.90 Å². The van der Waals surface area contributed by atoms with Crippen LogP contribution in [0.3, 0.4) is 0 Å². The van der Waals surface area contributed by atoms with Crippen molar-refractivity contribution in [2.75, 3.05) is 18.0 Å². The summed E-state index contributed by atoms with van der Waals surface area (Å²) in [4.78, 5) is 18.0. The molecule has 1 amide bonds. The molecule has 4 heteroatoms. The molecule has 4 rings (SSSR count). The standard InChI is InChI=1S/C24H29ClN2O/c25-20-10-12-22(13-11-20)27(24(28)18-19-6-2-1-3-7-19)23-14-16-26(17-15-23)21-8-4-5-9-21/h1-3,6-7,10-13,21,23H,4-5,8-9,14-18H2. The Morgan fingerprint density at radius 1 is 0.929 bits per heavy atom. The quantitative estimate of drug-likeness (QED) is 0.682. The number of hydrogen-bond acceptors (Lipinski definition) is 2. The largest absolute Gasteiger partial charge is 0.309 e. The molecule has 0 atom stereocenters. The molecule has 2 aliphatic rings. The van der Waals surface area contributed by atoms with Gasteiger partial charge in [0.1, 0.15) is 0 Å². The van der Waals surface area contributed by atoms with Gasteiger partial charge in [0.05, 0.1) is 6.42 Å². The van der Waals surface area contributed by atoms with Crippen LogP contribution in [0.5, 0.6) is 0 Å². The van der Waals surface area contributed by atoms with Crippen molar-refractivity contribution in [3.8, 4) is 0 Å². The van der Waals surface area contributed by atoms with Crippen LogP contribution in [0.2, 0.25) is 5.02 Å². The molecule has 3 nitrogen and oxygen atoms in total. The van der Waals surface area contributed by atoms with Crippen LogP contribution in [0.1, 0.15) is 44.1 Å². The highest BCUT2D eigenvalue weighted by atomic mass is 35.5. The van der Waals surface area contributed by atoms with Crippen molar-refractivity contribution in [2.24, 2.45) is 0 Å². The van der Waals surface area contributed by atoms with E-state index in [4.69, 9.17) is 11.6 Å². The third-order valence-electron chi connectivity index (χ3n) is 6.28. The minimum Gasteiger partial charge on any atom is -0.309 e. The summed E-state index contributed by atoms with van der Waals surface area (Å²) in [7, 11) is 0. The number of halogens is 1. The van der Waals surface area contributed by atoms with Gasteiger partial charge in [-0.25, -0.2) is 0 Å². The summed E-state index contributed by atoms with van der Waals surface area (Å²) in [6, 6.07) is 18.8. The Balaban J connectivity index is 1.50. The number of carbonyl (C=O) groups excluding carboxylic acids is 1. The third kappa shape index (κ3) is 4.59. The van der Waals surface area contributed by atoms with Gasteiger partial charge >= 0.3 is 0 Å². The van der Waals surface area contributed by atoms with E-state index in [0.717, 1.165) is 43.2 Å². The van der Waals surface area contributed by atoms with Gasteiger partial charge in [-0.15, -0.1) is 0 Å². The summed E-state index contributed by atoms with van der Waals surface area (Å²) in [5.74, 6) is 0.174. The average Bonchev–Trinajstić information content (AvgIpc) is 3.26. The highest BCUT2D eigenvalue weighted by molar-refractivity contribution is 6.30. The minimum absolute atomic E-state index is 0.174. The number of amides is 1. The maximum atomic E-state index is 13.3. The molecule has 0 unspecified atom stereocenters. The molecule has 1 aliphatic heterocycles. The van der Waals surface area contributed by atoms with Crippen molar-refractivity contribution in [2.45, 2.75) is 57.0 Å². The molecule has 1 heterocycles. The van der Waals surface area contributed by atoms with E-state index >= 15 is 0 Å². The summed E-state index contributed by atoms with van der Waals surface area (Å²) in [5, 5.41) is 0.704. The average molecular weight is 397 g/mol. The predicted octanol–water partition coefficient (Wildman–Crippen LogP) is 5.32. The fourth-order valence-electron chi connectivity index (χ4n) is 4.79. The Morgan fingerprint density at radius 2 is 1.57 bits per heavy atom. The molecule has 1 saturated carbocycles. The molecule has 1 saturated heterocycles. The van der Waals surface area contributed by atoms with Crippen molar-refractivity contribution in [1.29, 1.82) is 0 Å². The molecule has 0 radical (unpaired) electrons. The summed E-state index contributed by atoms with van der Waals surface area (Å²) < 4.78 is 0. The second-order valence-corrected chi connectivity index (χ2v) is 8.54. The molecule has 2 aromatic rings. The first-order valence-corrected chi connectivity index (χ1v) is 10.9. The summed E-state index contributed by atoms with van der Waals surface area (Å²) >= 11 is 6.09. The number of hydrogen-bond donors (Lipinski definition) is 0. The first-order valence-electron chi connectivity index (χ1n) is 10.6. The lowest BCUT2D eigenvalue weighted by molar-refractivity contribution is -0.118. The summed E-state index contributed by atoms with van der Waals surface area (Å²) in [5.41, 5.74) is 2.03. The normalized spacial score (nSPS) is 19.0. The van der Waals surface area contributed by atoms with Crippen molar-refractivity contribution in [1.82, 2.24) is 4.90 Å². The number of rotatable bonds is 5. The highest BCUT2D eigenvalue weighted by Crippen LogP contribution is 2.30. The van der Waals surface area contributed by atoms with Crippen molar-refractivity contribution in [3.63, 3.8) is 0 Å². The van der Waals surface area contributed by atoms with Gasteiger partial charge in [0.25, 0.3) is 0 Å². The Labute approximate surface area is 173 Å². The van der Waals surface area contributed by atoms with E-state index in [1.807, 2.05) is 59.5 Å². The van der Waals surface area contributed by atoms with E-state index in [-0.39, 0.29) is 11.9 Å². The lowest BCUT2D eigenvalue weighted by Crippen LogP contribution is -2.50. The Kier molecular flexibility index (Phi) is 6.33. The predicted molar refractivity (Wildman–Crippen MR) is 116 cm³/mol. The van der Waals surface area contributed by atoms with Crippen LogP contribution in [0.25, 0.3) is 0 Å². The van der Waals surface area contributed by atoms with Crippen molar-refractivity contribution < 1.29 is 4.79 Å². The second kappa shape index (κ2) is 9.11. The topological polar surface area (TPSA) is 23.6 Å². The van der Waals surface area contributed by atoms with Crippen LogP contribution in [0, 0.1) is 0 Å². The SMILES string of the molecule is O=C(Cc1ccccc1)N(c1ccc(Cl)cc1)C1CCN(C2CCCC2)CC1. The minimum atomic E-state index is 0.174. The number of likely N-dealkylation sites (tertiary alicyclic amines) is 1. The van der Waals surface area contributed by atoms with Gasteiger partial charge in [-0.2, -0.15) is 0 Å². The summed E-state index contributed by atoms with van der Waals surface area (Å²) in [6.07, 6.45) is 7.96. The zero-order valence-corrected chi connectivity index (χ0v) is 17.2. The fraction of sp³-hybridized carbons (Fsp3) is 0.458. The molecule has 2 fully saturated rings. The Bertz CT molecular complexity index is 763. The van der Waals surface area contributed by atoms with Crippen LogP contribution >= 0.6 is 11.6 Å². The zero-order chi connectivity index (χ0) is 19.3. The van der Waals surface area contributed by atoms with Gasteiger partial charge in [0, 0.05) is 35.9 Å². The van der Waals surface area contributed by atoms with Crippen LogP contribution in [0.15, 0.2) is 54.6 Å². The molecule has 0 spiro atoms. The molecular weight excluding hydrogens is 368 g/mol. The second-order valence-electron chi connectivity index (χ2n) is 8.11. The molecule has 148 valence electrons. The molecule has 2 aromatic carbocycles. The van der Waals surface area contributed by atoms with Crippen LogP contribution < -0.4 is 4.90 Å². The maximum Gasteiger partial charge on any atom is 0.231 e. The Morgan fingerprint density at radius 3 is 2.21 bits per heavy atom. The monoisotopic (exact) mass is 396 g/mol. The van der Waals surface area contributed by atoms with Crippen LogP contribution in [-0.2, 0) is 11.2 Å². The molecule has 0 aromatic heterocycles. The van der Waals surface area contributed by atoms with E-state index in [1.54, 1.807) is 0 Å². The number of nitrogens with zero attached hydrogens (tertiary/aromatic N) is 2. The molecule has 0 bridgehead atoms. The molecule has 28 heavy (non-hydrogen) atoms. The van der Waals surface area contributed by atoms with Gasteiger partial charge in [-0.3, -0.25) is 4.79 Å². The van der Waals surface area contributed by atoms with E-state index < -0.39 is 0 Å². The molecular formula is C24H29ClN2O. The van der Waals surface area contributed by atoms with E-state index in [9.17, 15) is 4.79 Å². The molecule has 1 aliphatic carbocycles. The maximum absolute atomic E-state index is 13.3. The van der Waals surface area contributed by atoms with Gasteiger partial charge < -0.3 is 9.80 Å². The molecule has 0 N–H and O–H groups in total. The van der Waals surface area contributed by atoms with E-state index in [1.165, 1.54) is 25.7 Å². The zero-order valence-electron chi connectivity index (χ0n) is 16.4. The van der Waals surface area contributed by atoms with Gasteiger partial charge in [-0.1, -0.05) is 54.8 Å². The van der Waals surface area contributed by atoms with Crippen LogP contribution in [-0.4, -0.2) is 36.0 Å². The number of anilines is 1. The third-order valence-corrected chi connectivity index (χ3v) is 6.53. The van der Waals surface area contributed by atoms with Gasteiger partial charge in [0.2, 0.25) is 5.91 Å². The first-order chi connectivity index (χ1) is 13.7. The Hall–Kier alpha value is -1.84. The van der Waals surface area contributed by atoms with Crippen LogP contribution in [0.4, 0.5) is 5.69 Å². The lowest BCUT2D eigenvalue weighted by Gasteiger charge is -2.41. The van der Waals surface area contributed by atoms with Gasteiger partial charge in [0.15, 0.2) is 0 Å². The van der Waals surface area contributed by atoms with Gasteiger partial charge in [-0.05, 0) is 55.5 Å². The first kappa shape index (κ1) is 19.5. The number of benzene rings is 2. The van der Waals surface area contributed by atoms with E-state index in [0.29, 0.717) is 11.4 Å².